The SMILES string of the molecule is Cc1cc(-c2[nH]nc(N)c2-c2ccc(F)cc2F)co1. The van der Waals surface area contributed by atoms with E-state index < -0.39 is 11.6 Å². The van der Waals surface area contributed by atoms with E-state index in [0.717, 1.165) is 6.07 Å². The summed E-state index contributed by atoms with van der Waals surface area (Å²) in [5.41, 5.74) is 7.60. The third-order valence-corrected chi connectivity index (χ3v) is 3.01. The fraction of sp³-hybridized carbons (Fsp3) is 0.0714. The van der Waals surface area contributed by atoms with Crippen LogP contribution in [0.15, 0.2) is 34.9 Å². The molecule has 0 atom stereocenters. The highest BCUT2D eigenvalue weighted by atomic mass is 19.1. The standard InChI is InChI=1S/C14H11F2N3O/c1-7-4-8(6-20-7)13-12(14(17)19-18-13)10-3-2-9(15)5-11(10)16/h2-6H,1H3,(H3,17,18,19). The Morgan fingerprint density at radius 2 is 2.05 bits per heavy atom. The summed E-state index contributed by atoms with van der Waals surface area (Å²) in [6.45, 7) is 1.79. The maximum atomic E-state index is 13.9. The van der Waals surface area contributed by atoms with Crippen molar-refractivity contribution < 1.29 is 13.2 Å². The second-order valence-corrected chi connectivity index (χ2v) is 4.43. The van der Waals surface area contributed by atoms with Crippen molar-refractivity contribution in [2.24, 2.45) is 0 Å². The molecule has 2 heterocycles. The molecule has 4 nitrogen and oxygen atoms in total. The minimum atomic E-state index is -0.695. The van der Waals surface area contributed by atoms with E-state index in [4.69, 9.17) is 10.2 Å². The van der Waals surface area contributed by atoms with Gasteiger partial charge in [-0.3, -0.25) is 5.10 Å². The summed E-state index contributed by atoms with van der Waals surface area (Å²) >= 11 is 0. The van der Waals surface area contributed by atoms with Crippen LogP contribution in [0.1, 0.15) is 5.76 Å². The fourth-order valence-electron chi connectivity index (χ4n) is 2.10. The summed E-state index contributed by atoms with van der Waals surface area (Å²) in [7, 11) is 0. The molecule has 0 aliphatic carbocycles. The van der Waals surface area contributed by atoms with Gasteiger partial charge in [-0.2, -0.15) is 5.10 Å². The zero-order valence-corrected chi connectivity index (χ0v) is 10.6. The van der Waals surface area contributed by atoms with Crippen molar-refractivity contribution in [1.82, 2.24) is 10.2 Å². The Morgan fingerprint density at radius 3 is 2.70 bits per heavy atom. The monoisotopic (exact) mass is 275 g/mol. The fourth-order valence-corrected chi connectivity index (χ4v) is 2.10. The topological polar surface area (TPSA) is 67.8 Å². The van der Waals surface area contributed by atoms with E-state index in [1.807, 2.05) is 0 Å². The summed E-state index contributed by atoms with van der Waals surface area (Å²) in [4.78, 5) is 0. The second-order valence-electron chi connectivity index (χ2n) is 4.43. The number of hydrogen-bond donors (Lipinski definition) is 2. The summed E-state index contributed by atoms with van der Waals surface area (Å²) in [6, 6.07) is 5.10. The van der Waals surface area contributed by atoms with Gasteiger partial charge in [0.25, 0.3) is 0 Å². The van der Waals surface area contributed by atoms with Crippen LogP contribution in [0.4, 0.5) is 14.6 Å². The lowest BCUT2D eigenvalue weighted by atomic mass is 10.0. The van der Waals surface area contributed by atoms with Crippen molar-refractivity contribution >= 4 is 5.82 Å². The molecule has 1 aromatic carbocycles. The summed E-state index contributed by atoms with van der Waals surface area (Å²) in [5, 5.41) is 6.64. The van der Waals surface area contributed by atoms with Crippen molar-refractivity contribution in [3.63, 3.8) is 0 Å². The van der Waals surface area contributed by atoms with Crippen molar-refractivity contribution in [2.45, 2.75) is 6.92 Å². The first-order valence-corrected chi connectivity index (χ1v) is 5.91. The molecule has 20 heavy (non-hydrogen) atoms. The number of benzene rings is 1. The number of nitrogen functional groups attached to an aromatic ring is 1. The molecule has 0 spiro atoms. The highest BCUT2D eigenvalue weighted by Crippen LogP contribution is 2.36. The zero-order chi connectivity index (χ0) is 14.3. The number of rotatable bonds is 2. The molecule has 0 saturated heterocycles. The number of anilines is 1. The van der Waals surface area contributed by atoms with E-state index >= 15 is 0 Å². The summed E-state index contributed by atoms with van der Waals surface area (Å²) in [5.74, 6) is -0.489. The minimum absolute atomic E-state index is 0.143. The Balaban J connectivity index is 2.21. The van der Waals surface area contributed by atoms with Gasteiger partial charge in [-0.05, 0) is 25.1 Å². The maximum Gasteiger partial charge on any atom is 0.153 e. The Labute approximate surface area is 113 Å². The minimum Gasteiger partial charge on any atom is -0.469 e. The molecule has 0 radical (unpaired) electrons. The van der Waals surface area contributed by atoms with E-state index in [-0.39, 0.29) is 11.4 Å². The largest absolute Gasteiger partial charge is 0.469 e. The van der Waals surface area contributed by atoms with Gasteiger partial charge >= 0.3 is 0 Å². The molecule has 0 aliphatic heterocycles. The van der Waals surface area contributed by atoms with Gasteiger partial charge in [0, 0.05) is 17.2 Å². The molecular formula is C14H11F2N3O. The van der Waals surface area contributed by atoms with E-state index in [1.54, 1.807) is 13.0 Å². The smallest absolute Gasteiger partial charge is 0.153 e. The third-order valence-electron chi connectivity index (χ3n) is 3.01. The van der Waals surface area contributed by atoms with Crippen LogP contribution in [0.3, 0.4) is 0 Å². The quantitative estimate of drug-likeness (QED) is 0.752. The van der Waals surface area contributed by atoms with Crippen LogP contribution < -0.4 is 5.73 Å². The van der Waals surface area contributed by atoms with Crippen LogP contribution in [0.25, 0.3) is 22.4 Å². The van der Waals surface area contributed by atoms with Crippen molar-refractivity contribution in [1.29, 1.82) is 0 Å². The number of aromatic nitrogens is 2. The molecule has 0 unspecified atom stereocenters. The zero-order valence-electron chi connectivity index (χ0n) is 10.6. The van der Waals surface area contributed by atoms with Gasteiger partial charge in [-0.1, -0.05) is 0 Å². The van der Waals surface area contributed by atoms with Crippen LogP contribution in [0.2, 0.25) is 0 Å². The van der Waals surface area contributed by atoms with E-state index in [1.165, 1.54) is 18.4 Å². The summed E-state index contributed by atoms with van der Waals surface area (Å²) < 4.78 is 32.2. The molecule has 102 valence electrons. The number of furan rings is 1. The lowest BCUT2D eigenvalue weighted by Gasteiger charge is -2.04. The number of nitrogens with two attached hydrogens (primary N) is 1. The molecule has 0 aliphatic rings. The number of nitrogens with one attached hydrogen (secondary N) is 1. The Morgan fingerprint density at radius 1 is 1.25 bits per heavy atom. The van der Waals surface area contributed by atoms with E-state index in [0.29, 0.717) is 22.6 Å². The van der Waals surface area contributed by atoms with Gasteiger partial charge in [-0.25, -0.2) is 8.78 Å². The van der Waals surface area contributed by atoms with Crippen LogP contribution in [0, 0.1) is 18.6 Å². The van der Waals surface area contributed by atoms with Gasteiger partial charge in [0.1, 0.15) is 23.7 Å². The van der Waals surface area contributed by atoms with E-state index in [9.17, 15) is 8.78 Å². The van der Waals surface area contributed by atoms with Crippen molar-refractivity contribution in [3.8, 4) is 22.4 Å². The number of aromatic amines is 1. The number of nitrogens with zero attached hydrogens (tertiary/aromatic N) is 1. The average molecular weight is 275 g/mol. The van der Waals surface area contributed by atoms with Crippen molar-refractivity contribution in [3.05, 3.63) is 47.9 Å². The van der Waals surface area contributed by atoms with Crippen LogP contribution in [-0.4, -0.2) is 10.2 Å². The predicted octanol–water partition coefficient (Wildman–Crippen LogP) is 3.51. The lowest BCUT2D eigenvalue weighted by Crippen LogP contribution is -1.92. The van der Waals surface area contributed by atoms with Gasteiger partial charge in [0.15, 0.2) is 5.82 Å². The van der Waals surface area contributed by atoms with Gasteiger partial charge in [0.05, 0.1) is 11.3 Å². The second kappa shape index (κ2) is 4.48. The third kappa shape index (κ3) is 1.95. The Bertz CT molecular complexity index is 777. The van der Waals surface area contributed by atoms with E-state index in [2.05, 4.69) is 10.2 Å². The lowest BCUT2D eigenvalue weighted by molar-refractivity contribution is 0.535. The van der Waals surface area contributed by atoms with Crippen LogP contribution in [0.5, 0.6) is 0 Å². The van der Waals surface area contributed by atoms with Gasteiger partial charge < -0.3 is 10.2 Å². The molecule has 0 saturated carbocycles. The molecule has 3 N–H and O–H groups in total. The first-order chi connectivity index (χ1) is 9.56. The number of aryl methyl sites for hydroxylation is 1. The molecule has 2 aromatic heterocycles. The first kappa shape index (κ1) is 12.4. The molecule has 3 rings (SSSR count). The summed E-state index contributed by atoms with van der Waals surface area (Å²) in [6.07, 6.45) is 1.52. The number of hydrogen-bond acceptors (Lipinski definition) is 3. The molecule has 0 bridgehead atoms. The van der Waals surface area contributed by atoms with Gasteiger partial charge in [-0.15, -0.1) is 0 Å². The first-order valence-electron chi connectivity index (χ1n) is 5.91. The van der Waals surface area contributed by atoms with Gasteiger partial charge in [0.2, 0.25) is 0 Å². The molecule has 0 fully saturated rings. The van der Waals surface area contributed by atoms with Crippen LogP contribution in [-0.2, 0) is 0 Å². The Hall–Kier alpha value is -2.63. The normalized spacial score (nSPS) is 10.9. The number of halogens is 2. The molecule has 3 aromatic rings. The van der Waals surface area contributed by atoms with Crippen LogP contribution >= 0.6 is 0 Å². The highest BCUT2D eigenvalue weighted by Gasteiger charge is 2.19. The predicted molar refractivity (Wildman–Crippen MR) is 70.8 cm³/mol. The maximum absolute atomic E-state index is 13.9. The average Bonchev–Trinajstić information content (AvgIpc) is 2.96. The molecule has 0 amide bonds. The highest BCUT2D eigenvalue weighted by molar-refractivity contribution is 5.87. The molecule has 6 heteroatoms. The van der Waals surface area contributed by atoms with Crippen molar-refractivity contribution in [2.75, 3.05) is 5.73 Å². The molecular weight excluding hydrogens is 264 g/mol. The Kier molecular flexibility index (Phi) is 2.78. The number of H-pyrrole nitrogens is 1.